The van der Waals surface area contributed by atoms with Crippen molar-refractivity contribution >= 4 is 29.4 Å². The maximum absolute atomic E-state index is 12.8. The number of carboxylic acid groups (broad SMARTS) is 1. The number of carboxylic acids is 1. The van der Waals surface area contributed by atoms with Gasteiger partial charge >= 0.3 is 5.97 Å². The van der Waals surface area contributed by atoms with Gasteiger partial charge < -0.3 is 24.6 Å². The first kappa shape index (κ1) is 25.5. The number of anilines is 1. The minimum atomic E-state index is -1.02. The van der Waals surface area contributed by atoms with Crippen LogP contribution in [-0.4, -0.2) is 50.1 Å². The van der Waals surface area contributed by atoms with Crippen LogP contribution < -0.4 is 30.4 Å². The van der Waals surface area contributed by atoms with Crippen molar-refractivity contribution in [2.45, 2.75) is 6.42 Å². The molecule has 0 unspecified atom stereocenters. The highest BCUT2D eigenvalue weighted by Crippen LogP contribution is 2.48. The van der Waals surface area contributed by atoms with Crippen LogP contribution in [0.2, 0.25) is 0 Å². The van der Waals surface area contributed by atoms with Gasteiger partial charge in [-0.15, -0.1) is 0 Å². The number of hydrazine groups is 1. The maximum atomic E-state index is 12.8. The van der Waals surface area contributed by atoms with Crippen LogP contribution in [0, 0.1) is 23.7 Å². The molecule has 2 aliphatic rings. The molecule has 0 saturated heterocycles. The Kier molecular flexibility index (Phi) is 7.32. The van der Waals surface area contributed by atoms with E-state index in [1.807, 2.05) is 12.2 Å². The molecule has 0 radical (unpaired) electrons. The lowest BCUT2D eigenvalue weighted by Crippen LogP contribution is -2.48. The minimum absolute atomic E-state index is 0.156. The van der Waals surface area contributed by atoms with Gasteiger partial charge in [-0.3, -0.25) is 30.0 Å². The molecular weight excluding hydrogens is 482 g/mol. The van der Waals surface area contributed by atoms with E-state index in [1.54, 1.807) is 0 Å². The number of hydrogen-bond donors (Lipinski definition) is 4. The van der Waals surface area contributed by atoms with Crippen LogP contribution in [-0.2, 0) is 9.59 Å². The van der Waals surface area contributed by atoms with Crippen LogP contribution >= 0.6 is 0 Å². The molecule has 4 rings (SSSR count). The van der Waals surface area contributed by atoms with E-state index in [0.29, 0.717) is 29.4 Å². The van der Waals surface area contributed by atoms with E-state index in [4.69, 9.17) is 14.2 Å². The van der Waals surface area contributed by atoms with E-state index >= 15 is 0 Å². The number of aliphatic carboxylic acids is 1. The monoisotopic (exact) mass is 509 g/mol. The average Bonchev–Trinajstić information content (AvgIpc) is 3.53. The van der Waals surface area contributed by atoms with Gasteiger partial charge in [0.05, 0.1) is 33.2 Å². The first-order chi connectivity index (χ1) is 17.8. The molecule has 2 aliphatic carbocycles. The summed E-state index contributed by atoms with van der Waals surface area (Å²) < 4.78 is 15.8. The Balaban J connectivity index is 1.36. The predicted octanol–water partition coefficient (Wildman–Crippen LogP) is 2.25. The molecule has 2 bridgehead atoms. The van der Waals surface area contributed by atoms with E-state index in [0.717, 1.165) is 0 Å². The van der Waals surface area contributed by atoms with Gasteiger partial charge in [-0.25, -0.2) is 0 Å². The van der Waals surface area contributed by atoms with Crippen molar-refractivity contribution in [3.8, 4) is 17.2 Å². The van der Waals surface area contributed by atoms with Crippen molar-refractivity contribution in [1.29, 1.82) is 0 Å². The van der Waals surface area contributed by atoms with Crippen LogP contribution in [0.5, 0.6) is 17.2 Å². The number of ether oxygens (including phenoxy) is 3. The van der Waals surface area contributed by atoms with Gasteiger partial charge in [-0.05, 0) is 54.7 Å². The Morgan fingerprint density at radius 2 is 1.38 bits per heavy atom. The smallest absolute Gasteiger partial charge is 0.307 e. The van der Waals surface area contributed by atoms with Crippen molar-refractivity contribution in [1.82, 2.24) is 10.9 Å². The van der Waals surface area contributed by atoms with Crippen LogP contribution in [0.25, 0.3) is 0 Å². The van der Waals surface area contributed by atoms with Crippen molar-refractivity contribution < 1.29 is 38.5 Å². The molecule has 37 heavy (non-hydrogen) atoms. The third-order valence-corrected chi connectivity index (χ3v) is 6.68. The highest BCUT2D eigenvalue weighted by Gasteiger charge is 2.51. The Hall–Kier alpha value is -4.54. The number of fused-ring (bicyclic) bond motifs is 2. The van der Waals surface area contributed by atoms with Gasteiger partial charge in [0, 0.05) is 16.8 Å². The zero-order chi connectivity index (χ0) is 26.7. The summed E-state index contributed by atoms with van der Waals surface area (Å²) in [4.78, 5) is 49.5. The second-order valence-corrected chi connectivity index (χ2v) is 8.73. The molecule has 4 atom stereocenters. The molecule has 0 spiro atoms. The highest BCUT2D eigenvalue weighted by atomic mass is 16.5. The maximum Gasteiger partial charge on any atom is 0.307 e. The molecule has 11 nitrogen and oxygen atoms in total. The Morgan fingerprint density at radius 3 is 1.92 bits per heavy atom. The van der Waals surface area contributed by atoms with Crippen LogP contribution in [0.4, 0.5) is 5.69 Å². The second-order valence-electron chi connectivity index (χ2n) is 8.73. The summed E-state index contributed by atoms with van der Waals surface area (Å²) in [6.45, 7) is 0. The van der Waals surface area contributed by atoms with Gasteiger partial charge in [0.1, 0.15) is 0 Å². The van der Waals surface area contributed by atoms with E-state index in [9.17, 15) is 24.3 Å². The summed E-state index contributed by atoms with van der Waals surface area (Å²) in [7, 11) is 4.36. The normalized spacial score (nSPS) is 21.2. The SMILES string of the molecule is COc1cc(C(=O)Nc2ccc(C(=O)NNC(=O)[C@H]3[C@H](C(=O)O)[C@H]4C=C[C@H]3C4)cc2)cc(OC)c1OC. The first-order valence-electron chi connectivity index (χ1n) is 11.5. The van der Waals surface area contributed by atoms with Crippen molar-refractivity contribution in [2.75, 3.05) is 26.6 Å². The highest BCUT2D eigenvalue weighted by molar-refractivity contribution is 6.05. The molecule has 2 aromatic rings. The Bertz CT molecular complexity index is 1230. The molecule has 1 fully saturated rings. The standard InChI is InChI=1S/C26H27N3O8/c1-35-18-11-16(12-19(36-2)22(18)37-3)23(30)27-17-8-6-13(7-9-17)24(31)28-29-25(32)20-14-4-5-15(10-14)21(20)26(33)34/h4-9,11-12,14-15,20-21H,10H2,1-3H3,(H,27,30)(H,28,31)(H,29,32)(H,33,34)/t14-,15-,20+,21+/m0/s1. The number of allylic oxidation sites excluding steroid dienone is 2. The van der Waals surface area contributed by atoms with Gasteiger partial charge in [0.15, 0.2) is 11.5 Å². The van der Waals surface area contributed by atoms with E-state index in [1.165, 1.54) is 57.7 Å². The molecular formula is C26H27N3O8. The van der Waals surface area contributed by atoms with E-state index in [2.05, 4.69) is 16.2 Å². The lowest BCUT2D eigenvalue weighted by atomic mass is 9.82. The molecule has 194 valence electrons. The first-order valence-corrected chi connectivity index (χ1v) is 11.5. The number of amides is 3. The Labute approximate surface area is 212 Å². The number of carbonyl (C=O) groups excluding carboxylic acids is 3. The topological polar surface area (TPSA) is 152 Å². The second kappa shape index (κ2) is 10.6. The molecule has 0 aliphatic heterocycles. The summed E-state index contributed by atoms with van der Waals surface area (Å²) in [5.41, 5.74) is 5.62. The molecule has 2 aromatic carbocycles. The number of carbonyl (C=O) groups is 4. The van der Waals surface area contributed by atoms with Crippen LogP contribution in [0.3, 0.4) is 0 Å². The number of rotatable bonds is 8. The average molecular weight is 510 g/mol. The van der Waals surface area contributed by atoms with Gasteiger partial charge in [0.2, 0.25) is 11.7 Å². The lowest BCUT2D eigenvalue weighted by Gasteiger charge is -2.23. The Morgan fingerprint density at radius 1 is 0.784 bits per heavy atom. The van der Waals surface area contributed by atoms with Crippen molar-refractivity contribution in [3.05, 3.63) is 59.7 Å². The number of methoxy groups -OCH3 is 3. The number of benzene rings is 2. The quantitative estimate of drug-likeness (QED) is 0.312. The fourth-order valence-corrected chi connectivity index (χ4v) is 4.91. The fourth-order valence-electron chi connectivity index (χ4n) is 4.91. The fraction of sp³-hybridized carbons (Fsp3) is 0.308. The summed E-state index contributed by atoms with van der Waals surface area (Å²) >= 11 is 0. The largest absolute Gasteiger partial charge is 0.493 e. The number of nitrogens with one attached hydrogen (secondary N) is 3. The van der Waals surface area contributed by atoms with Crippen LogP contribution in [0.15, 0.2) is 48.6 Å². The van der Waals surface area contributed by atoms with E-state index in [-0.39, 0.29) is 23.0 Å². The predicted molar refractivity (Wildman–Crippen MR) is 131 cm³/mol. The third kappa shape index (κ3) is 5.06. The van der Waals surface area contributed by atoms with Gasteiger partial charge in [-0.2, -0.15) is 0 Å². The molecule has 3 amide bonds. The zero-order valence-electron chi connectivity index (χ0n) is 20.4. The third-order valence-electron chi connectivity index (χ3n) is 6.68. The molecule has 0 aromatic heterocycles. The summed E-state index contributed by atoms with van der Waals surface area (Å²) in [5, 5.41) is 12.2. The van der Waals surface area contributed by atoms with Crippen molar-refractivity contribution in [3.63, 3.8) is 0 Å². The summed E-state index contributed by atoms with van der Waals surface area (Å²) in [6, 6.07) is 9.06. The molecule has 4 N–H and O–H groups in total. The lowest BCUT2D eigenvalue weighted by molar-refractivity contribution is -0.148. The van der Waals surface area contributed by atoms with Crippen molar-refractivity contribution in [2.24, 2.45) is 23.7 Å². The molecule has 11 heteroatoms. The molecule has 0 heterocycles. The summed E-state index contributed by atoms with van der Waals surface area (Å²) in [5.74, 6) is -3.42. The summed E-state index contributed by atoms with van der Waals surface area (Å²) in [6.07, 6.45) is 4.32. The van der Waals surface area contributed by atoms with Gasteiger partial charge in [0.25, 0.3) is 11.8 Å². The van der Waals surface area contributed by atoms with Crippen LogP contribution in [0.1, 0.15) is 27.1 Å². The molecule has 1 saturated carbocycles. The number of hydrogen-bond acceptors (Lipinski definition) is 7. The zero-order valence-corrected chi connectivity index (χ0v) is 20.4. The minimum Gasteiger partial charge on any atom is -0.493 e. The van der Waals surface area contributed by atoms with Gasteiger partial charge in [-0.1, -0.05) is 12.2 Å². The van der Waals surface area contributed by atoms with E-state index < -0.39 is 35.5 Å².